The summed E-state index contributed by atoms with van der Waals surface area (Å²) < 4.78 is 36.5. The fraction of sp³-hybridized carbons (Fsp3) is 0.409. The number of anilines is 1. The number of aryl methyl sites for hydroxylation is 2. The molecule has 1 N–H and O–H groups in total. The van der Waals surface area contributed by atoms with Crippen LogP contribution in [0.15, 0.2) is 36.4 Å². The van der Waals surface area contributed by atoms with Crippen molar-refractivity contribution >= 4 is 21.6 Å². The van der Waals surface area contributed by atoms with Gasteiger partial charge in [0.15, 0.2) is 0 Å². The van der Waals surface area contributed by atoms with E-state index in [1.54, 1.807) is 12.1 Å². The third kappa shape index (κ3) is 5.66. The third-order valence-electron chi connectivity index (χ3n) is 4.89. The van der Waals surface area contributed by atoms with E-state index in [9.17, 15) is 13.2 Å². The van der Waals surface area contributed by atoms with Crippen LogP contribution in [0.5, 0.6) is 11.5 Å². The number of ether oxygens (including phenoxy) is 2. The minimum absolute atomic E-state index is 0.216. The van der Waals surface area contributed by atoms with E-state index in [0.717, 1.165) is 27.3 Å². The van der Waals surface area contributed by atoms with Gasteiger partial charge in [0, 0.05) is 6.07 Å². The number of amides is 1. The van der Waals surface area contributed by atoms with Gasteiger partial charge in [-0.1, -0.05) is 30.7 Å². The van der Waals surface area contributed by atoms with E-state index in [0.29, 0.717) is 17.9 Å². The van der Waals surface area contributed by atoms with Gasteiger partial charge in [-0.05, 0) is 43.5 Å². The maximum atomic E-state index is 12.9. The molecule has 2 aromatic carbocycles. The van der Waals surface area contributed by atoms with Crippen LogP contribution in [0.25, 0.3) is 0 Å². The molecule has 2 rings (SSSR count). The lowest BCUT2D eigenvalue weighted by Gasteiger charge is -2.26. The molecule has 0 aliphatic heterocycles. The van der Waals surface area contributed by atoms with Crippen LogP contribution in [-0.2, 0) is 14.8 Å². The molecule has 164 valence electrons. The molecule has 0 radical (unpaired) electrons. The second-order valence-electron chi connectivity index (χ2n) is 7.20. The van der Waals surface area contributed by atoms with Crippen molar-refractivity contribution in [3.05, 3.63) is 53.1 Å². The Morgan fingerprint density at radius 3 is 2.33 bits per heavy atom. The molecule has 8 heteroatoms. The van der Waals surface area contributed by atoms with Gasteiger partial charge in [-0.15, -0.1) is 0 Å². The number of hydrogen-bond acceptors (Lipinski definition) is 5. The van der Waals surface area contributed by atoms with E-state index < -0.39 is 15.9 Å². The molecule has 0 aliphatic rings. The van der Waals surface area contributed by atoms with Gasteiger partial charge in [0.05, 0.1) is 32.2 Å². The molecule has 7 nitrogen and oxygen atoms in total. The van der Waals surface area contributed by atoms with Gasteiger partial charge in [0.25, 0.3) is 0 Å². The molecular formula is C22H30N2O5S. The van der Waals surface area contributed by atoms with Crippen LogP contribution in [0.1, 0.15) is 36.1 Å². The average molecular weight is 435 g/mol. The first-order valence-electron chi connectivity index (χ1n) is 9.67. The first-order valence-corrected chi connectivity index (χ1v) is 11.5. The normalized spacial score (nSPS) is 12.2. The summed E-state index contributed by atoms with van der Waals surface area (Å²) in [5.74, 6) is 0.383. The summed E-state index contributed by atoms with van der Waals surface area (Å²) in [7, 11) is -0.826. The second kappa shape index (κ2) is 9.84. The van der Waals surface area contributed by atoms with Crippen molar-refractivity contribution in [2.45, 2.75) is 33.2 Å². The molecule has 30 heavy (non-hydrogen) atoms. The lowest BCUT2D eigenvalue weighted by molar-refractivity contribution is -0.120. The second-order valence-corrected chi connectivity index (χ2v) is 9.10. The Bertz CT molecular complexity index is 1000. The molecular weight excluding hydrogens is 404 g/mol. The van der Waals surface area contributed by atoms with E-state index >= 15 is 0 Å². The Labute approximate surface area is 179 Å². The minimum atomic E-state index is -3.75. The third-order valence-corrected chi connectivity index (χ3v) is 6.01. The topological polar surface area (TPSA) is 84.9 Å². The first-order chi connectivity index (χ1) is 14.1. The number of methoxy groups -OCH3 is 2. The highest BCUT2D eigenvalue weighted by molar-refractivity contribution is 7.92. The Hall–Kier alpha value is -2.74. The number of sulfonamides is 1. The molecule has 0 saturated carbocycles. The van der Waals surface area contributed by atoms with Crippen LogP contribution >= 0.6 is 0 Å². The van der Waals surface area contributed by atoms with Crippen LogP contribution in [0.3, 0.4) is 0 Å². The van der Waals surface area contributed by atoms with Gasteiger partial charge >= 0.3 is 0 Å². The fourth-order valence-electron chi connectivity index (χ4n) is 3.36. The van der Waals surface area contributed by atoms with Crippen molar-refractivity contribution in [1.82, 2.24) is 5.32 Å². The average Bonchev–Trinajstić information content (AvgIpc) is 2.69. The smallest absolute Gasteiger partial charge is 0.241 e. The van der Waals surface area contributed by atoms with Gasteiger partial charge in [0.1, 0.15) is 18.0 Å². The molecule has 0 fully saturated rings. The predicted molar refractivity (Wildman–Crippen MR) is 119 cm³/mol. The van der Waals surface area contributed by atoms with Crippen LogP contribution in [0.4, 0.5) is 5.69 Å². The van der Waals surface area contributed by atoms with Gasteiger partial charge in [-0.25, -0.2) is 8.42 Å². The van der Waals surface area contributed by atoms with E-state index in [4.69, 9.17) is 9.47 Å². The quantitative estimate of drug-likeness (QED) is 0.654. The van der Waals surface area contributed by atoms with Crippen LogP contribution in [0, 0.1) is 13.8 Å². The number of benzene rings is 2. The van der Waals surface area contributed by atoms with Crippen LogP contribution < -0.4 is 19.1 Å². The zero-order valence-corrected chi connectivity index (χ0v) is 19.2. The van der Waals surface area contributed by atoms with Crippen LogP contribution in [-0.4, -0.2) is 41.3 Å². The van der Waals surface area contributed by atoms with Crippen molar-refractivity contribution in [3.63, 3.8) is 0 Å². The van der Waals surface area contributed by atoms with Crippen molar-refractivity contribution in [2.75, 3.05) is 31.3 Å². The van der Waals surface area contributed by atoms with E-state index in [1.165, 1.54) is 20.3 Å². The van der Waals surface area contributed by atoms with Gasteiger partial charge < -0.3 is 14.8 Å². The fourth-order valence-corrected chi connectivity index (χ4v) is 4.21. The van der Waals surface area contributed by atoms with E-state index in [1.807, 2.05) is 32.9 Å². The molecule has 1 atom stereocenters. The molecule has 0 spiro atoms. The molecule has 0 heterocycles. The van der Waals surface area contributed by atoms with Gasteiger partial charge in [-0.2, -0.15) is 0 Å². The molecule has 0 aromatic heterocycles. The number of carbonyl (C=O) groups excluding carboxylic acids is 1. The maximum Gasteiger partial charge on any atom is 0.241 e. The predicted octanol–water partition coefficient (Wildman–Crippen LogP) is 3.35. The van der Waals surface area contributed by atoms with Crippen molar-refractivity contribution in [1.29, 1.82) is 0 Å². The Morgan fingerprint density at radius 2 is 1.80 bits per heavy atom. The first kappa shape index (κ1) is 23.5. The summed E-state index contributed by atoms with van der Waals surface area (Å²) in [5.41, 5.74) is 3.48. The summed E-state index contributed by atoms with van der Waals surface area (Å²) in [4.78, 5) is 12.9. The van der Waals surface area contributed by atoms with Crippen molar-refractivity contribution in [3.8, 4) is 11.5 Å². The number of nitrogens with one attached hydrogen (secondary N) is 1. The van der Waals surface area contributed by atoms with E-state index in [-0.39, 0.29) is 18.3 Å². The molecule has 0 bridgehead atoms. The van der Waals surface area contributed by atoms with Crippen molar-refractivity contribution < 1.29 is 22.7 Å². The standard InChI is InChI=1S/C22H30N2O5S/c1-7-19(18-10-8-15(2)12-16(18)3)23-22(25)14-24(30(6,26)27)20-13-17(28-4)9-11-21(20)29-5/h8-13,19H,7,14H2,1-6H3,(H,23,25)/t19-/m0/s1. The number of carbonyl (C=O) groups is 1. The highest BCUT2D eigenvalue weighted by atomic mass is 32.2. The highest BCUT2D eigenvalue weighted by Gasteiger charge is 2.26. The summed E-state index contributed by atoms with van der Waals surface area (Å²) in [6, 6.07) is 10.7. The van der Waals surface area contributed by atoms with Crippen LogP contribution in [0.2, 0.25) is 0 Å². The summed E-state index contributed by atoms with van der Waals surface area (Å²) in [5, 5.41) is 2.96. The Morgan fingerprint density at radius 1 is 1.10 bits per heavy atom. The largest absolute Gasteiger partial charge is 0.497 e. The monoisotopic (exact) mass is 434 g/mol. The molecule has 2 aromatic rings. The van der Waals surface area contributed by atoms with Crippen molar-refractivity contribution in [2.24, 2.45) is 0 Å². The van der Waals surface area contributed by atoms with Gasteiger partial charge in [-0.3, -0.25) is 9.10 Å². The zero-order chi connectivity index (χ0) is 22.5. The lowest BCUT2D eigenvalue weighted by Crippen LogP contribution is -2.41. The minimum Gasteiger partial charge on any atom is -0.497 e. The maximum absolute atomic E-state index is 12.9. The van der Waals surface area contributed by atoms with Gasteiger partial charge in [0.2, 0.25) is 15.9 Å². The molecule has 1 amide bonds. The SMILES string of the molecule is CC[C@H](NC(=O)CN(c1cc(OC)ccc1OC)S(C)(=O)=O)c1ccc(C)cc1C. The highest BCUT2D eigenvalue weighted by Crippen LogP contribution is 2.33. The molecule has 0 saturated heterocycles. The van der Waals surface area contributed by atoms with E-state index in [2.05, 4.69) is 11.4 Å². The number of rotatable bonds is 9. The molecule has 0 aliphatic carbocycles. The lowest BCUT2D eigenvalue weighted by atomic mass is 9.97. The molecule has 0 unspecified atom stereocenters. The summed E-state index contributed by atoms with van der Waals surface area (Å²) >= 11 is 0. The summed E-state index contributed by atoms with van der Waals surface area (Å²) in [6.07, 6.45) is 1.73. The zero-order valence-electron chi connectivity index (χ0n) is 18.4. The number of hydrogen-bond donors (Lipinski definition) is 1. The summed E-state index contributed by atoms with van der Waals surface area (Å²) in [6.45, 7) is 5.62. The Kier molecular flexibility index (Phi) is 7.72. The number of nitrogens with zero attached hydrogens (tertiary/aromatic N) is 1. The Balaban J connectivity index is 2.32.